The zero-order valence-corrected chi connectivity index (χ0v) is 26.7. The molecule has 4 aromatic rings. The summed E-state index contributed by atoms with van der Waals surface area (Å²) in [6, 6.07) is 13.8. The molecule has 1 atom stereocenters. The zero-order valence-electron chi connectivity index (χ0n) is 25.0. The summed E-state index contributed by atoms with van der Waals surface area (Å²) in [6.07, 6.45) is 4.34. The van der Waals surface area contributed by atoms with E-state index < -0.39 is 27.9 Å². The monoisotopic (exact) mass is 636 g/mol. The molecule has 232 valence electrons. The number of hydrogen-bond acceptors (Lipinski definition) is 10. The minimum atomic E-state index is -3.98. The maximum atomic E-state index is 13.9. The van der Waals surface area contributed by atoms with Crippen molar-refractivity contribution < 1.29 is 22.7 Å². The van der Waals surface area contributed by atoms with Crippen molar-refractivity contribution in [3.63, 3.8) is 0 Å². The standard InChI is InChI=1S/C31H36N6O5S2/c1-4-7-22-8-10-23(11-9-22)18-32-29(38)25-20-36(16-17-37(25)44(40,41)24-14-12-21(5-2)13-15-24)31-34-27-26(43-31)19-33-35-28(27)30(39)42-6-3/h8-15,19,25H,4-7,16-18,20H2,1-3H3,(H,32,38). The lowest BCUT2D eigenvalue weighted by Crippen LogP contribution is -2.60. The number of thiazole rings is 1. The van der Waals surface area contributed by atoms with Gasteiger partial charge < -0.3 is 15.0 Å². The van der Waals surface area contributed by atoms with Gasteiger partial charge in [-0.15, -0.1) is 5.10 Å². The Morgan fingerprint density at radius 2 is 1.70 bits per heavy atom. The zero-order chi connectivity index (χ0) is 31.3. The van der Waals surface area contributed by atoms with Crippen molar-refractivity contribution in [3.05, 3.63) is 77.1 Å². The second-order valence-corrected chi connectivity index (χ2v) is 13.4. The fourth-order valence-corrected chi connectivity index (χ4v) is 7.67. The minimum absolute atomic E-state index is 0.0165. The maximum absolute atomic E-state index is 13.9. The second-order valence-electron chi connectivity index (χ2n) is 10.5. The van der Waals surface area contributed by atoms with Gasteiger partial charge in [0.15, 0.2) is 10.8 Å². The first-order valence-electron chi connectivity index (χ1n) is 14.8. The Labute approximate surface area is 261 Å². The van der Waals surface area contributed by atoms with E-state index in [2.05, 4.69) is 27.4 Å². The molecule has 13 heteroatoms. The molecule has 0 bridgehead atoms. The van der Waals surface area contributed by atoms with Gasteiger partial charge in [-0.3, -0.25) is 4.79 Å². The van der Waals surface area contributed by atoms with E-state index in [-0.39, 0.29) is 36.8 Å². The van der Waals surface area contributed by atoms with Gasteiger partial charge in [0, 0.05) is 26.2 Å². The number of nitrogens with one attached hydrogen (secondary N) is 1. The second kappa shape index (κ2) is 13.8. The summed E-state index contributed by atoms with van der Waals surface area (Å²) in [7, 11) is -3.98. The summed E-state index contributed by atoms with van der Waals surface area (Å²) in [5, 5.41) is 11.4. The van der Waals surface area contributed by atoms with E-state index >= 15 is 0 Å². The summed E-state index contributed by atoms with van der Waals surface area (Å²) in [6.45, 7) is 6.72. The summed E-state index contributed by atoms with van der Waals surface area (Å²) in [4.78, 5) is 32.9. The third-order valence-electron chi connectivity index (χ3n) is 7.54. The number of carbonyl (C=O) groups excluding carboxylic acids is 2. The number of benzene rings is 2. The van der Waals surface area contributed by atoms with Crippen molar-refractivity contribution in [2.45, 2.75) is 57.5 Å². The molecule has 1 fully saturated rings. The van der Waals surface area contributed by atoms with E-state index in [4.69, 9.17) is 4.74 Å². The van der Waals surface area contributed by atoms with Crippen molar-refractivity contribution in [2.24, 2.45) is 0 Å². The molecule has 11 nitrogen and oxygen atoms in total. The molecule has 1 saturated heterocycles. The number of esters is 1. The molecule has 0 saturated carbocycles. The molecule has 5 rings (SSSR count). The summed E-state index contributed by atoms with van der Waals surface area (Å²) < 4.78 is 34.8. The number of sulfonamides is 1. The largest absolute Gasteiger partial charge is 0.461 e. The van der Waals surface area contributed by atoms with Crippen molar-refractivity contribution in [1.82, 2.24) is 24.8 Å². The van der Waals surface area contributed by atoms with Crippen molar-refractivity contribution >= 4 is 48.6 Å². The van der Waals surface area contributed by atoms with Gasteiger partial charge in [0.1, 0.15) is 11.6 Å². The molecule has 2 aromatic heterocycles. The van der Waals surface area contributed by atoms with Crippen LogP contribution in [-0.2, 0) is 38.9 Å². The van der Waals surface area contributed by atoms with Crippen LogP contribution in [-0.4, -0.2) is 72.1 Å². The first-order valence-corrected chi connectivity index (χ1v) is 17.0. The number of amides is 1. The van der Waals surface area contributed by atoms with Crippen LogP contribution in [0.2, 0.25) is 0 Å². The van der Waals surface area contributed by atoms with E-state index in [1.54, 1.807) is 31.2 Å². The highest BCUT2D eigenvalue weighted by Crippen LogP contribution is 2.32. The third kappa shape index (κ3) is 6.74. The van der Waals surface area contributed by atoms with Crippen molar-refractivity contribution in [3.8, 4) is 0 Å². The van der Waals surface area contributed by atoms with Gasteiger partial charge in [0.25, 0.3) is 0 Å². The van der Waals surface area contributed by atoms with E-state index in [0.717, 1.165) is 30.4 Å². The first-order chi connectivity index (χ1) is 21.2. The molecule has 1 aliphatic heterocycles. The van der Waals surface area contributed by atoms with E-state index in [1.165, 1.54) is 27.4 Å². The van der Waals surface area contributed by atoms with Gasteiger partial charge in [-0.1, -0.05) is 68.0 Å². The highest BCUT2D eigenvalue weighted by Gasteiger charge is 2.41. The lowest BCUT2D eigenvalue weighted by molar-refractivity contribution is -0.125. The molecule has 1 N–H and O–H groups in total. The molecular formula is C31H36N6O5S2. The van der Waals surface area contributed by atoms with Crippen molar-refractivity contribution in [1.29, 1.82) is 0 Å². The van der Waals surface area contributed by atoms with E-state index in [9.17, 15) is 18.0 Å². The van der Waals surface area contributed by atoms with Crippen LogP contribution in [0.25, 0.3) is 10.2 Å². The third-order valence-corrected chi connectivity index (χ3v) is 10.5. The number of anilines is 1. The van der Waals surface area contributed by atoms with Gasteiger partial charge in [-0.25, -0.2) is 18.2 Å². The van der Waals surface area contributed by atoms with Crippen LogP contribution in [0, 0.1) is 0 Å². The average Bonchev–Trinajstić information content (AvgIpc) is 3.49. The number of hydrogen-bond donors (Lipinski definition) is 1. The smallest absolute Gasteiger partial charge is 0.361 e. The number of nitrogens with zero attached hydrogens (tertiary/aromatic N) is 5. The molecule has 1 aliphatic rings. The first kappa shape index (κ1) is 31.5. The Hall–Kier alpha value is -3.94. The Morgan fingerprint density at radius 1 is 1.00 bits per heavy atom. The maximum Gasteiger partial charge on any atom is 0.361 e. The van der Waals surface area contributed by atoms with Crippen LogP contribution in [0.15, 0.2) is 59.6 Å². The predicted octanol–water partition coefficient (Wildman–Crippen LogP) is 3.97. The van der Waals surface area contributed by atoms with Crippen molar-refractivity contribution in [2.75, 3.05) is 31.1 Å². The SMILES string of the molecule is CCCc1ccc(CNC(=O)C2CN(c3nc4c(C(=O)OCC)nncc4s3)CCN2S(=O)(=O)c2ccc(CC)cc2)cc1. The average molecular weight is 637 g/mol. The number of aryl methyl sites for hydroxylation is 2. The van der Waals surface area contributed by atoms with E-state index in [1.807, 2.05) is 36.1 Å². The highest BCUT2D eigenvalue weighted by atomic mass is 32.2. The Kier molecular flexibility index (Phi) is 9.87. The predicted molar refractivity (Wildman–Crippen MR) is 169 cm³/mol. The molecule has 3 heterocycles. The minimum Gasteiger partial charge on any atom is -0.461 e. The molecule has 0 aliphatic carbocycles. The number of rotatable bonds is 11. The number of carbonyl (C=O) groups is 2. The van der Waals surface area contributed by atoms with Gasteiger partial charge in [0.2, 0.25) is 15.9 Å². The summed E-state index contributed by atoms with van der Waals surface area (Å²) >= 11 is 1.30. The fraction of sp³-hybridized carbons (Fsp3) is 0.387. The molecule has 0 spiro atoms. The Balaban J connectivity index is 1.42. The molecule has 44 heavy (non-hydrogen) atoms. The normalized spacial score (nSPS) is 15.8. The number of ether oxygens (including phenoxy) is 1. The summed E-state index contributed by atoms with van der Waals surface area (Å²) in [5.74, 6) is -1.02. The lowest BCUT2D eigenvalue weighted by atomic mass is 10.1. The number of fused-ring (bicyclic) bond motifs is 1. The molecule has 1 unspecified atom stereocenters. The number of aromatic nitrogens is 3. The van der Waals surface area contributed by atoms with Crippen LogP contribution in [0.5, 0.6) is 0 Å². The summed E-state index contributed by atoms with van der Waals surface area (Å²) in [5.41, 5.74) is 3.55. The van der Waals surface area contributed by atoms with Crippen LogP contribution < -0.4 is 10.2 Å². The van der Waals surface area contributed by atoms with Gasteiger partial charge in [-0.2, -0.15) is 9.40 Å². The van der Waals surface area contributed by atoms with Gasteiger partial charge in [-0.05, 0) is 48.6 Å². The van der Waals surface area contributed by atoms with Gasteiger partial charge in [0.05, 0.1) is 22.4 Å². The van der Waals surface area contributed by atoms with Crippen LogP contribution in [0.4, 0.5) is 5.13 Å². The lowest BCUT2D eigenvalue weighted by Gasteiger charge is -2.39. The van der Waals surface area contributed by atoms with Crippen LogP contribution in [0.1, 0.15) is 54.4 Å². The van der Waals surface area contributed by atoms with E-state index in [0.29, 0.717) is 21.9 Å². The Bertz CT molecular complexity index is 1720. The van der Waals surface area contributed by atoms with Crippen LogP contribution >= 0.6 is 11.3 Å². The number of piperazine rings is 1. The fourth-order valence-electron chi connectivity index (χ4n) is 5.13. The highest BCUT2D eigenvalue weighted by molar-refractivity contribution is 7.89. The molecule has 0 radical (unpaired) electrons. The molecular weight excluding hydrogens is 601 g/mol. The van der Waals surface area contributed by atoms with Crippen LogP contribution in [0.3, 0.4) is 0 Å². The Morgan fingerprint density at radius 3 is 2.39 bits per heavy atom. The topological polar surface area (TPSA) is 135 Å². The molecule has 2 aromatic carbocycles. The quantitative estimate of drug-likeness (QED) is 0.243. The van der Waals surface area contributed by atoms with Gasteiger partial charge >= 0.3 is 5.97 Å². The molecule has 1 amide bonds.